The largest absolute Gasteiger partial charge is 0.479 e. The molecular formula is C15H23N3O2. The first kappa shape index (κ1) is 16.2. The number of carbonyl (C=O) groups excluding carboxylic acids is 1. The van der Waals surface area contributed by atoms with Crippen molar-refractivity contribution >= 4 is 5.91 Å². The molecule has 1 aromatic rings. The second-order valence-electron chi connectivity index (χ2n) is 4.87. The highest BCUT2D eigenvalue weighted by molar-refractivity contribution is 5.80. The number of aryl methyl sites for hydroxylation is 1. The Morgan fingerprint density at radius 2 is 2.25 bits per heavy atom. The fourth-order valence-electron chi connectivity index (χ4n) is 1.72. The van der Waals surface area contributed by atoms with Crippen molar-refractivity contribution in [3.05, 3.63) is 36.2 Å². The van der Waals surface area contributed by atoms with Gasteiger partial charge >= 0.3 is 0 Å². The van der Waals surface area contributed by atoms with Crippen LogP contribution in [0.1, 0.15) is 25.2 Å². The highest BCUT2D eigenvalue weighted by Crippen LogP contribution is 2.19. The van der Waals surface area contributed by atoms with Crippen molar-refractivity contribution in [2.24, 2.45) is 5.73 Å². The van der Waals surface area contributed by atoms with Gasteiger partial charge in [-0.25, -0.2) is 0 Å². The van der Waals surface area contributed by atoms with E-state index in [1.54, 1.807) is 13.0 Å². The molecule has 0 spiro atoms. The maximum atomic E-state index is 11.8. The molecule has 0 saturated carbocycles. The second-order valence-corrected chi connectivity index (χ2v) is 4.87. The topological polar surface area (TPSA) is 77.2 Å². The number of aromatic nitrogens is 1. The van der Waals surface area contributed by atoms with E-state index in [2.05, 4.69) is 16.9 Å². The van der Waals surface area contributed by atoms with Gasteiger partial charge in [0.2, 0.25) is 0 Å². The molecule has 5 heteroatoms. The van der Waals surface area contributed by atoms with Crippen molar-refractivity contribution in [2.45, 2.75) is 39.3 Å². The Kier molecular flexibility index (Phi) is 6.18. The van der Waals surface area contributed by atoms with Gasteiger partial charge in [-0.05, 0) is 32.9 Å². The van der Waals surface area contributed by atoms with Crippen molar-refractivity contribution in [3.8, 4) is 5.75 Å². The first-order valence-corrected chi connectivity index (χ1v) is 6.71. The van der Waals surface area contributed by atoms with Crippen LogP contribution in [0.15, 0.2) is 24.8 Å². The van der Waals surface area contributed by atoms with Gasteiger partial charge in [-0.1, -0.05) is 6.08 Å². The Balaban J connectivity index is 2.80. The molecule has 5 nitrogen and oxygen atoms in total. The molecule has 3 N–H and O–H groups in total. The lowest BCUT2D eigenvalue weighted by atomic mass is 10.1. The van der Waals surface area contributed by atoms with Gasteiger partial charge in [0.15, 0.2) is 6.10 Å². The van der Waals surface area contributed by atoms with Crippen molar-refractivity contribution in [3.63, 3.8) is 0 Å². The lowest BCUT2D eigenvalue weighted by molar-refractivity contribution is -0.127. The fourth-order valence-corrected chi connectivity index (χ4v) is 1.72. The number of hydrogen-bond acceptors (Lipinski definition) is 4. The van der Waals surface area contributed by atoms with Crippen LogP contribution >= 0.6 is 0 Å². The molecule has 2 atom stereocenters. The Morgan fingerprint density at radius 3 is 2.85 bits per heavy atom. The summed E-state index contributed by atoms with van der Waals surface area (Å²) < 4.78 is 5.70. The minimum absolute atomic E-state index is 0.0171. The number of rotatable bonds is 7. The summed E-state index contributed by atoms with van der Waals surface area (Å²) in [5.74, 6) is 0.423. The zero-order valence-electron chi connectivity index (χ0n) is 12.3. The summed E-state index contributed by atoms with van der Waals surface area (Å²) in [7, 11) is 0. The monoisotopic (exact) mass is 277 g/mol. The van der Waals surface area contributed by atoms with Crippen molar-refractivity contribution < 1.29 is 9.53 Å². The smallest absolute Gasteiger partial charge is 0.261 e. The van der Waals surface area contributed by atoms with Crippen LogP contribution in [0.25, 0.3) is 0 Å². The minimum Gasteiger partial charge on any atom is -0.479 e. The van der Waals surface area contributed by atoms with Crippen molar-refractivity contribution in [2.75, 3.05) is 6.54 Å². The second kappa shape index (κ2) is 7.65. The van der Waals surface area contributed by atoms with Gasteiger partial charge in [-0.3, -0.25) is 9.78 Å². The lowest BCUT2D eigenvalue weighted by Crippen LogP contribution is -2.36. The van der Waals surface area contributed by atoms with Crippen LogP contribution < -0.4 is 15.8 Å². The molecule has 1 aromatic heterocycles. The van der Waals surface area contributed by atoms with Crippen LogP contribution in [0.2, 0.25) is 0 Å². The number of carbonyl (C=O) groups is 1. The van der Waals surface area contributed by atoms with Crippen LogP contribution in [0, 0.1) is 6.92 Å². The van der Waals surface area contributed by atoms with E-state index in [0.29, 0.717) is 18.7 Å². The maximum Gasteiger partial charge on any atom is 0.261 e. The third-order valence-corrected chi connectivity index (χ3v) is 2.68. The van der Waals surface area contributed by atoms with Crippen LogP contribution in [0.3, 0.4) is 0 Å². The van der Waals surface area contributed by atoms with Gasteiger partial charge in [0, 0.05) is 24.7 Å². The van der Waals surface area contributed by atoms with E-state index in [0.717, 1.165) is 11.4 Å². The molecule has 1 rings (SSSR count). The number of hydrogen-bond donors (Lipinski definition) is 2. The third-order valence-electron chi connectivity index (χ3n) is 2.68. The normalized spacial score (nSPS) is 13.4. The van der Waals surface area contributed by atoms with Crippen molar-refractivity contribution in [1.82, 2.24) is 10.3 Å². The summed E-state index contributed by atoms with van der Waals surface area (Å²) in [6.07, 6.45) is 1.64. The Morgan fingerprint density at radius 1 is 1.55 bits per heavy atom. The highest BCUT2D eigenvalue weighted by atomic mass is 16.5. The SMILES string of the molecule is C=CCNC(=O)C(C)Oc1ccc(C)nc1CC(C)N. The summed E-state index contributed by atoms with van der Waals surface area (Å²) >= 11 is 0. The highest BCUT2D eigenvalue weighted by Gasteiger charge is 2.16. The Bertz CT molecular complexity index is 472. The molecule has 0 aliphatic heterocycles. The van der Waals surface area contributed by atoms with E-state index in [9.17, 15) is 4.79 Å². The number of nitrogens with one attached hydrogen (secondary N) is 1. The number of nitrogens with two attached hydrogens (primary N) is 1. The molecule has 110 valence electrons. The molecule has 0 saturated heterocycles. The van der Waals surface area contributed by atoms with Gasteiger partial charge in [-0.2, -0.15) is 0 Å². The summed E-state index contributed by atoms with van der Waals surface area (Å²) in [5, 5.41) is 2.70. The van der Waals surface area contributed by atoms with E-state index in [-0.39, 0.29) is 11.9 Å². The van der Waals surface area contributed by atoms with Gasteiger partial charge in [0.1, 0.15) is 5.75 Å². The van der Waals surface area contributed by atoms with Crippen LogP contribution in [0.5, 0.6) is 5.75 Å². The van der Waals surface area contributed by atoms with Gasteiger partial charge in [-0.15, -0.1) is 6.58 Å². The van der Waals surface area contributed by atoms with E-state index in [1.165, 1.54) is 0 Å². The molecular weight excluding hydrogens is 254 g/mol. The van der Waals surface area contributed by atoms with Crippen LogP contribution in [-0.2, 0) is 11.2 Å². The van der Waals surface area contributed by atoms with Crippen LogP contribution in [0.4, 0.5) is 0 Å². The van der Waals surface area contributed by atoms with Crippen molar-refractivity contribution in [1.29, 1.82) is 0 Å². The van der Waals surface area contributed by atoms with E-state index < -0.39 is 6.10 Å². The third kappa shape index (κ3) is 5.01. The number of pyridine rings is 1. The lowest BCUT2D eigenvalue weighted by Gasteiger charge is -2.17. The molecule has 1 heterocycles. The predicted molar refractivity (Wildman–Crippen MR) is 79.6 cm³/mol. The molecule has 20 heavy (non-hydrogen) atoms. The summed E-state index contributed by atoms with van der Waals surface area (Å²) in [6.45, 7) is 9.50. The fraction of sp³-hybridized carbons (Fsp3) is 0.467. The standard InChI is InChI=1S/C15H23N3O2/c1-5-8-17-15(19)12(4)20-14-7-6-11(3)18-13(14)9-10(2)16/h5-7,10,12H,1,8-9,16H2,2-4H3,(H,17,19). The minimum atomic E-state index is -0.591. The first-order valence-electron chi connectivity index (χ1n) is 6.71. The average Bonchev–Trinajstić information content (AvgIpc) is 2.38. The van der Waals surface area contributed by atoms with E-state index >= 15 is 0 Å². The molecule has 0 bridgehead atoms. The number of amides is 1. The number of ether oxygens (including phenoxy) is 1. The van der Waals surface area contributed by atoms with Gasteiger partial charge in [0.05, 0.1) is 5.69 Å². The maximum absolute atomic E-state index is 11.8. The van der Waals surface area contributed by atoms with Crippen LogP contribution in [-0.4, -0.2) is 29.6 Å². The molecule has 0 radical (unpaired) electrons. The average molecular weight is 277 g/mol. The predicted octanol–water partition coefficient (Wildman–Crippen LogP) is 1.35. The molecule has 1 amide bonds. The molecule has 0 fully saturated rings. The first-order chi connectivity index (χ1) is 9.43. The zero-order chi connectivity index (χ0) is 15.1. The summed E-state index contributed by atoms with van der Waals surface area (Å²) in [5.41, 5.74) is 7.49. The molecule has 2 unspecified atom stereocenters. The van der Waals surface area contributed by atoms with Gasteiger partial charge in [0.25, 0.3) is 5.91 Å². The molecule has 0 aliphatic carbocycles. The van der Waals surface area contributed by atoms with Gasteiger partial charge < -0.3 is 15.8 Å². The summed E-state index contributed by atoms with van der Waals surface area (Å²) in [6, 6.07) is 3.67. The zero-order valence-corrected chi connectivity index (χ0v) is 12.3. The molecule has 0 aliphatic rings. The molecule has 0 aromatic carbocycles. The van der Waals surface area contributed by atoms with E-state index in [1.807, 2.05) is 26.0 Å². The Hall–Kier alpha value is -1.88. The quantitative estimate of drug-likeness (QED) is 0.738. The number of nitrogens with zero attached hydrogens (tertiary/aromatic N) is 1. The van der Waals surface area contributed by atoms with E-state index in [4.69, 9.17) is 10.5 Å². The Labute approximate surface area is 120 Å². The summed E-state index contributed by atoms with van der Waals surface area (Å²) in [4.78, 5) is 16.2.